The van der Waals surface area contributed by atoms with Gasteiger partial charge in [0.15, 0.2) is 0 Å². The summed E-state index contributed by atoms with van der Waals surface area (Å²) in [5, 5.41) is 6.19. The molecule has 0 aromatic carbocycles. The first-order valence-electron chi connectivity index (χ1n) is 6.28. The molecule has 0 aromatic rings. The predicted octanol–water partition coefficient (Wildman–Crippen LogP) is -0.321. The SMILES string of the molecule is O=C(NC1CCS(=O)(=O)CC1)[C@@H]1CCCNC1. The van der Waals surface area contributed by atoms with Gasteiger partial charge in [0.1, 0.15) is 9.84 Å². The summed E-state index contributed by atoms with van der Waals surface area (Å²) in [4.78, 5) is 11.9. The number of carbonyl (C=O) groups excluding carboxylic acids is 1. The summed E-state index contributed by atoms with van der Waals surface area (Å²) in [6.45, 7) is 1.74. The number of amides is 1. The van der Waals surface area contributed by atoms with E-state index >= 15 is 0 Å². The van der Waals surface area contributed by atoms with Crippen LogP contribution >= 0.6 is 0 Å². The molecule has 2 aliphatic heterocycles. The molecule has 0 saturated carbocycles. The van der Waals surface area contributed by atoms with Crippen molar-refractivity contribution in [1.82, 2.24) is 10.6 Å². The highest BCUT2D eigenvalue weighted by Gasteiger charge is 2.27. The van der Waals surface area contributed by atoms with Crippen LogP contribution in [0.25, 0.3) is 0 Å². The van der Waals surface area contributed by atoms with Crippen molar-refractivity contribution in [3.05, 3.63) is 0 Å². The summed E-state index contributed by atoms with van der Waals surface area (Å²) >= 11 is 0. The first-order valence-corrected chi connectivity index (χ1v) is 8.10. The summed E-state index contributed by atoms with van der Waals surface area (Å²) in [6, 6.07) is 0.0490. The van der Waals surface area contributed by atoms with Gasteiger partial charge < -0.3 is 10.6 Å². The molecule has 0 radical (unpaired) electrons. The molecule has 2 aliphatic rings. The fourth-order valence-corrected chi connectivity index (χ4v) is 3.92. The van der Waals surface area contributed by atoms with Crippen LogP contribution in [0.1, 0.15) is 25.7 Å². The molecular formula is C11H20N2O3S. The Balaban J connectivity index is 1.79. The smallest absolute Gasteiger partial charge is 0.224 e. The van der Waals surface area contributed by atoms with Gasteiger partial charge in [-0.05, 0) is 32.2 Å². The van der Waals surface area contributed by atoms with Crippen molar-refractivity contribution in [1.29, 1.82) is 0 Å². The summed E-state index contributed by atoms with van der Waals surface area (Å²) < 4.78 is 22.5. The maximum atomic E-state index is 11.9. The van der Waals surface area contributed by atoms with Gasteiger partial charge in [-0.1, -0.05) is 0 Å². The molecule has 1 atom stereocenters. The fraction of sp³-hybridized carbons (Fsp3) is 0.909. The van der Waals surface area contributed by atoms with Crippen molar-refractivity contribution in [2.45, 2.75) is 31.7 Å². The van der Waals surface area contributed by atoms with Gasteiger partial charge in [0.2, 0.25) is 5.91 Å². The van der Waals surface area contributed by atoms with E-state index in [9.17, 15) is 13.2 Å². The summed E-state index contributed by atoms with van der Waals surface area (Å²) in [6.07, 6.45) is 3.10. The molecule has 2 rings (SSSR count). The second-order valence-electron chi connectivity index (χ2n) is 4.98. The van der Waals surface area contributed by atoms with Crippen LogP contribution in [0.15, 0.2) is 0 Å². The van der Waals surface area contributed by atoms with Crippen molar-refractivity contribution in [3.8, 4) is 0 Å². The third-order valence-corrected chi connectivity index (χ3v) is 5.28. The zero-order valence-electron chi connectivity index (χ0n) is 9.94. The maximum Gasteiger partial charge on any atom is 0.224 e. The van der Waals surface area contributed by atoms with Gasteiger partial charge in [-0.3, -0.25) is 4.79 Å². The van der Waals surface area contributed by atoms with Gasteiger partial charge in [-0.2, -0.15) is 0 Å². The molecule has 2 saturated heterocycles. The molecule has 0 unspecified atom stereocenters. The number of rotatable bonds is 2. The van der Waals surface area contributed by atoms with Crippen molar-refractivity contribution < 1.29 is 13.2 Å². The molecule has 98 valence electrons. The van der Waals surface area contributed by atoms with Crippen LogP contribution in [0.5, 0.6) is 0 Å². The van der Waals surface area contributed by atoms with Gasteiger partial charge in [0.05, 0.1) is 17.4 Å². The van der Waals surface area contributed by atoms with Crippen molar-refractivity contribution in [2.75, 3.05) is 24.6 Å². The van der Waals surface area contributed by atoms with E-state index < -0.39 is 9.84 Å². The largest absolute Gasteiger partial charge is 0.353 e. The minimum Gasteiger partial charge on any atom is -0.353 e. The third-order valence-electron chi connectivity index (χ3n) is 3.57. The van der Waals surface area contributed by atoms with E-state index in [4.69, 9.17) is 0 Å². The van der Waals surface area contributed by atoms with Crippen molar-refractivity contribution in [2.24, 2.45) is 5.92 Å². The highest BCUT2D eigenvalue weighted by molar-refractivity contribution is 7.91. The molecule has 2 fully saturated rings. The van der Waals surface area contributed by atoms with Gasteiger partial charge >= 0.3 is 0 Å². The second-order valence-corrected chi connectivity index (χ2v) is 7.28. The first kappa shape index (κ1) is 12.8. The Morgan fingerprint density at radius 2 is 1.88 bits per heavy atom. The summed E-state index contributed by atoms with van der Waals surface area (Å²) in [7, 11) is -2.84. The average Bonchev–Trinajstić information content (AvgIpc) is 2.33. The van der Waals surface area contributed by atoms with E-state index in [1.54, 1.807) is 0 Å². The Hall–Kier alpha value is -0.620. The Bertz CT molecular complexity index is 360. The summed E-state index contributed by atoms with van der Waals surface area (Å²) in [5.41, 5.74) is 0. The minimum absolute atomic E-state index is 0.0490. The molecule has 17 heavy (non-hydrogen) atoms. The molecule has 5 nitrogen and oxygen atoms in total. The predicted molar refractivity (Wildman–Crippen MR) is 65.4 cm³/mol. The number of nitrogens with one attached hydrogen (secondary N) is 2. The number of hydrogen-bond donors (Lipinski definition) is 2. The van der Waals surface area contributed by atoms with Gasteiger partial charge in [0.25, 0.3) is 0 Å². The lowest BCUT2D eigenvalue weighted by Gasteiger charge is -2.27. The highest BCUT2D eigenvalue weighted by atomic mass is 32.2. The zero-order chi connectivity index (χ0) is 12.3. The van der Waals surface area contributed by atoms with Crippen molar-refractivity contribution >= 4 is 15.7 Å². The quantitative estimate of drug-likeness (QED) is 0.713. The molecule has 2 heterocycles. The summed E-state index contributed by atoms with van der Waals surface area (Å²) in [5.74, 6) is 0.561. The van der Waals surface area contributed by atoms with Crippen LogP contribution in [0, 0.1) is 5.92 Å². The topological polar surface area (TPSA) is 75.3 Å². The first-order chi connectivity index (χ1) is 8.07. The molecular weight excluding hydrogens is 240 g/mol. The number of hydrogen-bond acceptors (Lipinski definition) is 4. The normalized spacial score (nSPS) is 29.8. The van der Waals surface area contributed by atoms with E-state index in [-0.39, 0.29) is 29.4 Å². The second kappa shape index (κ2) is 5.35. The molecule has 0 spiro atoms. The average molecular weight is 260 g/mol. The Labute approximate surface area is 102 Å². The van der Waals surface area contributed by atoms with Crippen LogP contribution in [-0.2, 0) is 14.6 Å². The van der Waals surface area contributed by atoms with Crippen LogP contribution < -0.4 is 10.6 Å². The standard InChI is InChI=1S/C11H20N2O3S/c14-11(9-2-1-5-12-8-9)13-10-3-6-17(15,16)7-4-10/h9-10,12H,1-8H2,(H,13,14)/t9-/m1/s1. The molecule has 6 heteroatoms. The molecule has 0 bridgehead atoms. The molecule has 2 N–H and O–H groups in total. The Morgan fingerprint density at radius 1 is 1.18 bits per heavy atom. The number of piperidine rings is 1. The Morgan fingerprint density at radius 3 is 2.47 bits per heavy atom. The van der Waals surface area contributed by atoms with Gasteiger partial charge in [-0.25, -0.2) is 8.42 Å². The highest BCUT2D eigenvalue weighted by Crippen LogP contribution is 2.15. The van der Waals surface area contributed by atoms with E-state index in [1.807, 2.05) is 0 Å². The lowest BCUT2D eigenvalue weighted by atomic mass is 9.98. The Kier molecular flexibility index (Phi) is 4.04. The van der Waals surface area contributed by atoms with Crippen molar-refractivity contribution in [3.63, 3.8) is 0 Å². The van der Waals surface area contributed by atoms with Gasteiger partial charge in [0, 0.05) is 12.6 Å². The zero-order valence-corrected chi connectivity index (χ0v) is 10.8. The van der Waals surface area contributed by atoms with Crippen LogP contribution in [0.4, 0.5) is 0 Å². The molecule has 1 amide bonds. The van der Waals surface area contributed by atoms with Crippen LogP contribution in [0.3, 0.4) is 0 Å². The van der Waals surface area contributed by atoms with E-state index in [0.29, 0.717) is 12.8 Å². The minimum atomic E-state index is -2.84. The molecule has 0 aromatic heterocycles. The third kappa shape index (κ3) is 3.67. The van der Waals surface area contributed by atoms with Crippen LogP contribution in [0.2, 0.25) is 0 Å². The number of carbonyl (C=O) groups is 1. The fourth-order valence-electron chi connectivity index (χ4n) is 2.43. The van der Waals surface area contributed by atoms with Crippen LogP contribution in [-0.4, -0.2) is 45.0 Å². The monoisotopic (exact) mass is 260 g/mol. The van der Waals surface area contributed by atoms with E-state index in [2.05, 4.69) is 10.6 Å². The van der Waals surface area contributed by atoms with E-state index in [1.165, 1.54) is 0 Å². The molecule has 0 aliphatic carbocycles. The lowest BCUT2D eigenvalue weighted by molar-refractivity contribution is -0.126. The van der Waals surface area contributed by atoms with E-state index in [0.717, 1.165) is 25.9 Å². The maximum absolute atomic E-state index is 11.9. The lowest BCUT2D eigenvalue weighted by Crippen LogP contribution is -2.46. The number of sulfone groups is 1. The van der Waals surface area contributed by atoms with Gasteiger partial charge in [-0.15, -0.1) is 0 Å².